The van der Waals surface area contributed by atoms with E-state index in [-0.39, 0.29) is 11.3 Å². The summed E-state index contributed by atoms with van der Waals surface area (Å²) in [5, 5.41) is 9.13. The fourth-order valence-corrected chi connectivity index (χ4v) is 2.73. The SMILES string of the molecule is CC(Cl)C1CCN(C(=O)c2cc(F)c(F)c(O)c2F)CC1. The molecule has 0 aromatic heterocycles. The maximum absolute atomic E-state index is 13.7. The van der Waals surface area contributed by atoms with Crippen LogP contribution in [0.25, 0.3) is 0 Å². The number of piperidine rings is 1. The lowest BCUT2D eigenvalue weighted by molar-refractivity contribution is 0.0683. The molecule has 1 saturated heterocycles. The molecule has 0 radical (unpaired) electrons. The molecule has 116 valence electrons. The second kappa shape index (κ2) is 6.13. The normalized spacial score (nSPS) is 17.9. The minimum atomic E-state index is -1.70. The number of carbonyl (C=O) groups is 1. The Morgan fingerprint density at radius 3 is 2.43 bits per heavy atom. The molecule has 21 heavy (non-hydrogen) atoms. The Morgan fingerprint density at radius 2 is 1.90 bits per heavy atom. The van der Waals surface area contributed by atoms with Crippen LogP contribution in [0, 0.1) is 23.4 Å². The van der Waals surface area contributed by atoms with Gasteiger partial charge in [-0.25, -0.2) is 8.78 Å². The van der Waals surface area contributed by atoms with Gasteiger partial charge in [-0.3, -0.25) is 4.79 Å². The van der Waals surface area contributed by atoms with Crippen molar-refractivity contribution in [3.8, 4) is 5.75 Å². The Hall–Kier alpha value is -1.43. The van der Waals surface area contributed by atoms with Crippen LogP contribution >= 0.6 is 11.6 Å². The van der Waals surface area contributed by atoms with Crippen LogP contribution in [0.3, 0.4) is 0 Å². The predicted molar refractivity (Wildman–Crippen MR) is 71.9 cm³/mol. The van der Waals surface area contributed by atoms with Gasteiger partial charge in [0.05, 0.1) is 5.56 Å². The van der Waals surface area contributed by atoms with Crippen LogP contribution in [0.1, 0.15) is 30.1 Å². The predicted octanol–water partition coefficient (Wildman–Crippen LogP) is 3.29. The lowest BCUT2D eigenvalue weighted by Crippen LogP contribution is -2.40. The van der Waals surface area contributed by atoms with Crippen molar-refractivity contribution >= 4 is 17.5 Å². The van der Waals surface area contributed by atoms with Crippen LogP contribution in [-0.2, 0) is 0 Å². The van der Waals surface area contributed by atoms with Gasteiger partial charge in [0.25, 0.3) is 5.91 Å². The minimum absolute atomic E-state index is 0.0219. The van der Waals surface area contributed by atoms with E-state index < -0.39 is 34.7 Å². The van der Waals surface area contributed by atoms with Crippen molar-refractivity contribution in [1.29, 1.82) is 0 Å². The number of rotatable bonds is 2. The molecule has 3 nitrogen and oxygen atoms in total. The number of alkyl halides is 1. The molecular weight excluding hydrogens is 307 g/mol. The molecule has 0 saturated carbocycles. The van der Waals surface area contributed by atoms with Crippen molar-refractivity contribution < 1.29 is 23.1 Å². The summed E-state index contributed by atoms with van der Waals surface area (Å²) in [4.78, 5) is 13.5. The van der Waals surface area contributed by atoms with Crippen molar-refractivity contribution in [2.45, 2.75) is 25.1 Å². The molecule has 0 bridgehead atoms. The summed E-state index contributed by atoms with van der Waals surface area (Å²) in [6.45, 7) is 2.59. The molecule has 1 aromatic carbocycles. The molecular formula is C14H15ClF3NO2. The number of aromatic hydroxyl groups is 1. The number of carbonyl (C=O) groups excluding carboxylic acids is 1. The first kappa shape index (κ1) is 15.9. The van der Waals surface area contributed by atoms with Crippen LogP contribution in [0.5, 0.6) is 5.75 Å². The second-order valence-electron chi connectivity index (χ2n) is 5.19. The number of phenols is 1. The van der Waals surface area contributed by atoms with Crippen LogP contribution < -0.4 is 0 Å². The number of hydrogen-bond donors (Lipinski definition) is 1. The highest BCUT2D eigenvalue weighted by Crippen LogP contribution is 2.29. The molecule has 1 amide bonds. The van der Waals surface area contributed by atoms with Crippen LogP contribution in [0.2, 0.25) is 0 Å². The Morgan fingerprint density at radius 1 is 1.33 bits per heavy atom. The van der Waals surface area contributed by atoms with Crippen LogP contribution in [0.15, 0.2) is 6.07 Å². The molecule has 1 unspecified atom stereocenters. The van der Waals surface area contributed by atoms with Crippen molar-refractivity contribution in [3.63, 3.8) is 0 Å². The van der Waals surface area contributed by atoms with Crippen LogP contribution in [-0.4, -0.2) is 34.4 Å². The molecule has 1 aliphatic rings. The standard InChI is InChI=1S/C14H15ClF3NO2/c1-7(15)8-2-4-19(5-3-8)14(21)9-6-10(16)12(18)13(20)11(9)17/h6-8,20H,2-5H2,1H3. The summed E-state index contributed by atoms with van der Waals surface area (Å²) in [6.07, 6.45) is 1.32. The second-order valence-corrected chi connectivity index (χ2v) is 5.88. The van der Waals surface area contributed by atoms with E-state index >= 15 is 0 Å². The van der Waals surface area contributed by atoms with E-state index in [1.54, 1.807) is 0 Å². The van der Waals surface area contributed by atoms with Gasteiger partial charge in [0.1, 0.15) is 0 Å². The Balaban J connectivity index is 2.19. The number of halogens is 4. The van der Waals surface area contributed by atoms with E-state index in [9.17, 15) is 18.0 Å². The smallest absolute Gasteiger partial charge is 0.257 e. The van der Waals surface area contributed by atoms with Crippen molar-refractivity contribution in [3.05, 3.63) is 29.1 Å². The summed E-state index contributed by atoms with van der Waals surface area (Å²) >= 11 is 6.00. The lowest BCUT2D eigenvalue weighted by atomic mass is 9.93. The average molecular weight is 322 g/mol. The van der Waals surface area contributed by atoms with Gasteiger partial charge in [-0.1, -0.05) is 0 Å². The number of phenolic OH excluding ortho intramolecular Hbond substituents is 1. The summed E-state index contributed by atoms with van der Waals surface area (Å²) in [7, 11) is 0. The van der Waals surface area contributed by atoms with Crippen molar-refractivity contribution in [2.75, 3.05) is 13.1 Å². The Bertz CT molecular complexity index is 558. The van der Waals surface area contributed by atoms with E-state index in [0.29, 0.717) is 32.0 Å². The molecule has 1 aromatic rings. The molecule has 0 spiro atoms. The topological polar surface area (TPSA) is 40.5 Å². The molecule has 0 aliphatic carbocycles. The highest BCUT2D eigenvalue weighted by Gasteiger charge is 2.29. The number of likely N-dealkylation sites (tertiary alicyclic amines) is 1. The summed E-state index contributed by atoms with van der Waals surface area (Å²) in [5.74, 6) is -6.56. The highest BCUT2D eigenvalue weighted by molar-refractivity contribution is 6.20. The largest absolute Gasteiger partial charge is 0.503 e. The van der Waals surface area contributed by atoms with Crippen molar-refractivity contribution in [2.24, 2.45) is 5.92 Å². The molecule has 2 rings (SSSR count). The fourth-order valence-electron chi connectivity index (χ4n) is 2.48. The molecule has 1 fully saturated rings. The van der Waals surface area contributed by atoms with E-state index in [4.69, 9.17) is 16.7 Å². The van der Waals surface area contributed by atoms with Gasteiger partial charge in [0, 0.05) is 18.5 Å². The number of benzene rings is 1. The van der Waals surface area contributed by atoms with E-state index in [1.165, 1.54) is 4.90 Å². The quantitative estimate of drug-likeness (QED) is 0.671. The van der Waals surface area contributed by atoms with E-state index in [1.807, 2.05) is 6.92 Å². The molecule has 1 aliphatic heterocycles. The minimum Gasteiger partial charge on any atom is -0.503 e. The van der Waals surface area contributed by atoms with Crippen molar-refractivity contribution in [1.82, 2.24) is 4.90 Å². The summed E-state index contributed by atoms with van der Waals surface area (Å²) in [5.41, 5.74) is -0.663. The van der Waals surface area contributed by atoms with Gasteiger partial charge in [0.15, 0.2) is 17.4 Å². The fraction of sp³-hybridized carbons (Fsp3) is 0.500. The van der Waals surface area contributed by atoms with Gasteiger partial charge in [-0.2, -0.15) is 4.39 Å². The van der Waals surface area contributed by atoms with Gasteiger partial charge in [0.2, 0.25) is 5.82 Å². The Kier molecular flexibility index (Phi) is 4.66. The molecule has 1 N–H and O–H groups in total. The maximum atomic E-state index is 13.7. The van der Waals surface area contributed by atoms with Gasteiger partial charge in [-0.15, -0.1) is 11.6 Å². The zero-order valence-corrected chi connectivity index (χ0v) is 12.1. The Labute approximate surface area is 125 Å². The molecule has 1 heterocycles. The summed E-state index contributed by atoms with van der Waals surface area (Å²) in [6, 6.07) is 0.475. The average Bonchev–Trinajstić information content (AvgIpc) is 2.48. The van der Waals surface area contributed by atoms with Crippen LogP contribution in [0.4, 0.5) is 13.2 Å². The van der Waals surface area contributed by atoms with E-state index in [2.05, 4.69) is 0 Å². The zero-order valence-electron chi connectivity index (χ0n) is 11.4. The number of hydrogen-bond acceptors (Lipinski definition) is 2. The highest BCUT2D eigenvalue weighted by atomic mass is 35.5. The first-order valence-electron chi connectivity index (χ1n) is 6.62. The first-order chi connectivity index (χ1) is 9.82. The monoisotopic (exact) mass is 321 g/mol. The molecule has 7 heteroatoms. The molecule has 1 atom stereocenters. The zero-order chi connectivity index (χ0) is 15.7. The number of amides is 1. The first-order valence-corrected chi connectivity index (χ1v) is 7.06. The lowest BCUT2D eigenvalue weighted by Gasteiger charge is -2.33. The van der Waals surface area contributed by atoms with Gasteiger partial charge < -0.3 is 10.0 Å². The third-order valence-electron chi connectivity index (χ3n) is 3.84. The van der Waals surface area contributed by atoms with Gasteiger partial charge >= 0.3 is 0 Å². The third-order valence-corrected chi connectivity index (χ3v) is 4.20. The van der Waals surface area contributed by atoms with E-state index in [0.717, 1.165) is 0 Å². The summed E-state index contributed by atoms with van der Waals surface area (Å²) < 4.78 is 40.0. The maximum Gasteiger partial charge on any atom is 0.257 e. The third kappa shape index (κ3) is 3.10. The van der Waals surface area contributed by atoms with Gasteiger partial charge in [-0.05, 0) is 31.7 Å². The number of nitrogens with zero attached hydrogens (tertiary/aromatic N) is 1.